The molecule has 3 amide bonds. The smallest absolute Gasteiger partial charge is 0.414 e. The number of alkyl carbamates (subject to hydrolysis) is 1. The minimum atomic E-state index is -0.730. The first-order valence-corrected chi connectivity index (χ1v) is 11.1. The lowest BCUT2D eigenvalue weighted by atomic mass is 10.2. The standard InChI is InChI=1S/C23H28N4O4S/c1-5-15(3)31-23(30)27-22(26-21(29)6-2)25-19-13-12-18(14-20(19)24-16(4)28)32-17-10-8-7-9-11-17/h7-15H,5-6H2,1-4H3,(H,24,28)(H2,25,26,27,29,30). The van der Waals surface area contributed by atoms with E-state index in [1.54, 1.807) is 26.0 Å². The number of aliphatic imine (C=N–C) groups is 1. The number of ether oxygens (including phenoxy) is 1. The normalized spacial score (nSPS) is 11.9. The fourth-order valence-corrected chi connectivity index (χ4v) is 3.30. The van der Waals surface area contributed by atoms with Crippen molar-refractivity contribution in [2.45, 2.75) is 56.4 Å². The molecule has 0 heterocycles. The van der Waals surface area contributed by atoms with Crippen molar-refractivity contribution in [2.24, 2.45) is 4.99 Å². The van der Waals surface area contributed by atoms with Crippen LogP contribution >= 0.6 is 11.8 Å². The molecule has 2 aromatic carbocycles. The summed E-state index contributed by atoms with van der Waals surface area (Å²) in [6.07, 6.45) is -0.207. The third-order valence-electron chi connectivity index (χ3n) is 4.18. The van der Waals surface area contributed by atoms with E-state index in [0.29, 0.717) is 17.8 Å². The molecule has 0 saturated carbocycles. The summed E-state index contributed by atoms with van der Waals surface area (Å²) in [6.45, 7) is 6.72. The van der Waals surface area contributed by atoms with Gasteiger partial charge in [-0.15, -0.1) is 0 Å². The summed E-state index contributed by atoms with van der Waals surface area (Å²) in [6, 6.07) is 15.2. The maximum Gasteiger partial charge on any atom is 0.414 e. The van der Waals surface area contributed by atoms with Crippen LogP contribution in [0.4, 0.5) is 16.2 Å². The van der Waals surface area contributed by atoms with E-state index in [1.807, 2.05) is 43.3 Å². The maximum absolute atomic E-state index is 12.2. The summed E-state index contributed by atoms with van der Waals surface area (Å²) in [5, 5.41) is 8.16. The van der Waals surface area contributed by atoms with E-state index in [-0.39, 0.29) is 24.4 Å². The molecule has 0 spiro atoms. The highest BCUT2D eigenvalue weighted by Crippen LogP contribution is 2.33. The average Bonchev–Trinajstić information content (AvgIpc) is 2.75. The number of carbonyl (C=O) groups excluding carboxylic acids is 3. The molecule has 0 aliphatic rings. The average molecular weight is 457 g/mol. The van der Waals surface area contributed by atoms with Gasteiger partial charge in [0.2, 0.25) is 17.8 Å². The molecule has 0 aliphatic carbocycles. The van der Waals surface area contributed by atoms with Crippen molar-refractivity contribution < 1.29 is 19.1 Å². The Balaban J connectivity index is 2.29. The first kappa shape index (κ1) is 24.9. The molecule has 0 bridgehead atoms. The summed E-state index contributed by atoms with van der Waals surface area (Å²) in [7, 11) is 0. The van der Waals surface area contributed by atoms with Crippen molar-refractivity contribution in [1.82, 2.24) is 5.32 Å². The molecule has 3 N–H and O–H groups in total. The van der Waals surface area contributed by atoms with Gasteiger partial charge in [0.15, 0.2) is 0 Å². The molecule has 9 heteroatoms. The largest absolute Gasteiger partial charge is 0.446 e. The Morgan fingerprint density at radius 2 is 1.72 bits per heavy atom. The molecule has 1 unspecified atom stereocenters. The first-order chi connectivity index (χ1) is 15.3. The highest BCUT2D eigenvalue weighted by atomic mass is 32.2. The van der Waals surface area contributed by atoms with Crippen LogP contribution in [-0.4, -0.2) is 30.0 Å². The molecule has 0 saturated heterocycles. The van der Waals surface area contributed by atoms with Crippen LogP contribution in [0.5, 0.6) is 0 Å². The van der Waals surface area contributed by atoms with Gasteiger partial charge in [-0.25, -0.2) is 4.79 Å². The molecule has 0 aliphatic heterocycles. The van der Waals surface area contributed by atoms with Crippen LogP contribution < -0.4 is 16.0 Å². The zero-order chi connectivity index (χ0) is 23.5. The summed E-state index contributed by atoms with van der Waals surface area (Å²) in [5.74, 6) is -0.768. The zero-order valence-electron chi connectivity index (χ0n) is 18.6. The van der Waals surface area contributed by atoms with Gasteiger partial charge < -0.3 is 15.4 Å². The van der Waals surface area contributed by atoms with Gasteiger partial charge in [-0.2, -0.15) is 4.99 Å². The number of hydrogen-bond acceptors (Lipinski definition) is 5. The van der Waals surface area contributed by atoms with Crippen molar-refractivity contribution in [1.29, 1.82) is 0 Å². The van der Waals surface area contributed by atoms with E-state index >= 15 is 0 Å². The maximum atomic E-state index is 12.2. The van der Waals surface area contributed by atoms with E-state index in [9.17, 15) is 14.4 Å². The van der Waals surface area contributed by atoms with Crippen molar-refractivity contribution >= 4 is 47.0 Å². The minimum Gasteiger partial charge on any atom is -0.446 e. The molecule has 0 fully saturated rings. The van der Waals surface area contributed by atoms with Crippen LogP contribution in [0.2, 0.25) is 0 Å². The lowest BCUT2D eigenvalue weighted by molar-refractivity contribution is -0.117. The molecule has 0 aromatic heterocycles. The molecule has 2 aromatic rings. The topological polar surface area (TPSA) is 109 Å². The van der Waals surface area contributed by atoms with Crippen LogP contribution in [-0.2, 0) is 14.3 Å². The van der Waals surface area contributed by atoms with Gasteiger partial charge in [0, 0.05) is 23.1 Å². The Labute approximate surface area is 192 Å². The van der Waals surface area contributed by atoms with Gasteiger partial charge in [0.25, 0.3) is 0 Å². The Morgan fingerprint density at radius 3 is 2.34 bits per heavy atom. The van der Waals surface area contributed by atoms with Crippen molar-refractivity contribution in [3.05, 3.63) is 48.5 Å². The minimum absolute atomic E-state index is 0.0831. The second-order valence-corrected chi connectivity index (χ2v) is 8.03. The Kier molecular flexibility index (Phi) is 9.75. The second kappa shape index (κ2) is 12.5. The van der Waals surface area contributed by atoms with E-state index in [1.165, 1.54) is 18.7 Å². The number of nitrogens with zero attached hydrogens (tertiary/aromatic N) is 1. The van der Waals surface area contributed by atoms with Crippen LogP contribution in [0.1, 0.15) is 40.5 Å². The Bertz CT molecular complexity index is 979. The quantitative estimate of drug-likeness (QED) is 0.398. The Morgan fingerprint density at radius 1 is 1.00 bits per heavy atom. The first-order valence-electron chi connectivity index (χ1n) is 10.3. The van der Waals surface area contributed by atoms with Crippen LogP contribution in [0.3, 0.4) is 0 Å². The van der Waals surface area contributed by atoms with Gasteiger partial charge in [-0.05, 0) is 43.7 Å². The van der Waals surface area contributed by atoms with E-state index in [4.69, 9.17) is 4.74 Å². The van der Waals surface area contributed by atoms with E-state index in [2.05, 4.69) is 20.9 Å². The van der Waals surface area contributed by atoms with Gasteiger partial charge in [0.1, 0.15) is 6.10 Å². The fourth-order valence-electron chi connectivity index (χ4n) is 2.42. The molecular formula is C23H28N4O4S. The third-order valence-corrected chi connectivity index (χ3v) is 5.17. The molecule has 0 radical (unpaired) electrons. The van der Waals surface area contributed by atoms with Gasteiger partial charge >= 0.3 is 6.09 Å². The Hall–Kier alpha value is -3.33. The fraction of sp³-hybridized carbons (Fsp3) is 0.304. The molecule has 2 rings (SSSR count). The second-order valence-electron chi connectivity index (χ2n) is 6.89. The monoisotopic (exact) mass is 456 g/mol. The predicted octanol–water partition coefficient (Wildman–Crippen LogP) is 5.03. The SMILES string of the molecule is CCC(=O)N=C(NC(=O)OC(C)CC)Nc1ccc(Sc2ccccc2)cc1NC(C)=O. The number of hydrogen-bond donors (Lipinski definition) is 3. The number of nitrogens with one attached hydrogen (secondary N) is 3. The number of benzene rings is 2. The number of amides is 3. The summed E-state index contributed by atoms with van der Waals surface area (Å²) >= 11 is 1.54. The summed E-state index contributed by atoms with van der Waals surface area (Å²) in [5.41, 5.74) is 0.941. The van der Waals surface area contributed by atoms with Gasteiger partial charge in [0.05, 0.1) is 11.4 Å². The number of rotatable bonds is 7. The zero-order valence-corrected chi connectivity index (χ0v) is 19.4. The number of guanidine groups is 1. The van der Waals surface area contributed by atoms with Crippen molar-refractivity contribution in [3.63, 3.8) is 0 Å². The predicted molar refractivity (Wildman–Crippen MR) is 127 cm³/mol. The molecule has 1 atom stereocenters. The van der Waals surface area contributed by atoms with Gasteiger partial charge in [-0.3, -0.25) is 14.9 Å². The lowest BCUT2D eigenvalue weighted by Gasteiger charge is -2.17. The molecule has 32 heavy (non-hydrogen) atoms. The molecule has 170 valence electrons. The number of carbonyl (C=O) groups is 3. The summed E-state index contributed by atoms with van der Waals surface area (Å²) in [4.78, 5) is 41.7. The van der Waals surface area contributed by atoms with Crippen LogP contribution in [0.15, 0.2) is 63.3 Å². The van der Waals surface area contributed by atoms with E-state index < -0.39 is 12.0 Å². The highest BCUT2D eigenvalue weighted by molar-refractivity contribution is 7.99. The van der Waals surface area contributed by atoms with Crippen molar-refractivity contribution in [2.75, 3.05) is 10.6 Å². The summed E-state index contributed by atoms with van der Waals surface area (Å²) < 4.78 is 5.21. The van der Waals surface area contributed by atoms with Gasteiger partial charge in [-0.1, -0.05) is 43.8 Å². The highest BCUT2D eigenvalue weighted by Gasteiger charge is 2.15. The van der Waals surface area contributed by atoms with Crippen LogP contribution in [0.25, 0.3) is 0 Å². The number of anilines is 2. The third kappa shape index (κ3) is 8.43. The van der Waals surface area contributed by atoms with Crippen LogP contribution in [0, 0.1) is 0 Å². The molecular weight excluding hydrogens is 428 g/mol. The lowest BCUT2D eigenvalue weighted by Crippen LogP contribution is -2.38. The van der Waals surface area contributed by atoms with E-state index in [0.717, 1.165) is 9.79 Å². The molecule has 8 nitrogen and oxygen atoms in total. The van der Waals surface area contributed by atoms with Crippen molar-refractivity contribution in [3.8, 4) is 0 Å².